The van der Waals surface area contributed by atoms with Gasteiger partial charge in [0.25, 0.3) is 0 Å². The van der Waals surface area contributed by atoms with Crippen LogP contribution in [0.4, 0.5) is 0 Å². The summed E-state index contributed by atoms with van der Waals surface area (Å²) >= 11 is 1.65. The summed E-state index contributed by atoms with van der Waals surface area (Å²) in [5.41, 5.74) is 7.18. The molecule has 0 spiro atoms. The number of rotatable bonds is 5. The van der Waals surface area contributed by atoms with Crippen molar-refractivity contribution in [3.05, 3.63) is 16.6 Å². The van der Waals surface area contributed by atoms with Gasteiger partial charge in [-0.2, -0.15) is 0 Å². The van der Waals surface area contributed by atoms with Gasteiger partial charge >= 0.3 is 0 Å². The van der Waals surface area contributed by atoms with Crippen molar-refractivity contribution >= 4 is 17.2 Å². The molecule has 0 aliphatic carbocycles. The number of amidine groups is 1. The van der Waals surface area contributed by atoms with Crippen LogP contribution in [-0.4, -0.2) is 28.8 Å². The van der Waals surface area contributed by atoms with Crippen molar-refractivity contribution in [2.75, 3.05) is 7.05 Å². The molecular formula is C9H16N4S. The molecule has 3 N–H and O–H groups in total. The van der Waals surface area contributed by atoms with Gasteiger partial charge in [0.15, 0.2) is 0 Å². The number of nitrogens with zero attached hydrogens (tertiary/aromatic N) is 2. The van der Waals surface area contributed by atoms with Crippen molar-refractivity contribution in [3.63, 3.8) is 0 Å². The lowest BCUT2D eigenvalue weighted by Gasteiger charge is -2.23. The molecule has 1 heterocycles. The topological polar surface area (TPSA) is 66.0 Å². The summed E-state index contributed by atoms with van der Waals surface area (Å²) in [6, 6.07) is 0.301. The molecule has 0 saturated carbocycles. The van der Waals surface area contributed by atoms with E-state index in [0.29, 0.717) is 12.5 Å². The number of hydrogen-bond acceptors (Lipinski definition) is 4. The van der Waals surface area contributed by atoms with Crippen LogP contribution in [0.3, 0.4) is 0 Å². The third-order valence-electron chi connectivity index (χ3n) is 2.16. The highest BCUT2D eigenvalue weighted by Gasteiger charge is 2.11. The van der Waals surface area contributed by atoms with E-state index in [4.69, 9.17) is 11.1 Å². The number of nitrogens with two attached hydrogens (primary N) is 1. The molecule has 78 valence electrons. The largest absolute Gasteiger partial charge is 0.388 e. The normalized spacial score (nSPS) is 13.1. The first kappa shape index (κ1) is 11.1. The van der Waals surface area contributed by atoms with Gasteiger partial charge in [0.1, 0.15) is 0 Å². The maximum Gasteiger partial charge on any atom is 0.0920 e. The van der Waals surface area contributed by atoms with Gasteiger partial charge in [-0.1, -0.05) is 0 Å². The summed E-state index contributed by atoms with van der Waals surface area (Å²) in [6.45, 7) is 2.95. The minimum atomic E-state index is 0.244. The van der Waals surface area contributed by atoms with Crippen LogP contribution < -0.4 is 5.73 Å². The fourth-order valence-corrected chi connectivity index (χ4v) is 1.85. The zero-order valence-corrected chi connectivity index (χ0v) is 9.34. The number of hydrogen-bond donors (Lipinski definition) is 2. The monoisotopic (exact) mass is 212 g/mol. The zero-order chi connectivity index (χ0) is 10.6. The molecule has 1 aromatic heterocycles. The SMILES string of the molecule is CC(CC(=N)N)N(C)Cc1cncs1. The summed E-state index contributed by atoms with van der Waals surface area (Å²) in [6.07, 6.45) is 2.50. The van der Waals surface area contributed by atoms with E-state index >= 15 is 0 Å². The molecular weight excluding hydrogens is 196 g/mol. The second-order valence-electron chi connectivity index (χ2n) is 3.46. The summed E-state index contributed by atoms with van der Waals surface area (Å²) < 4.78 is 0. The van der Waals surface area contributed by atoms with E-state index in [1.807, 2.05) is 18.8 Å². The summed E-state index contributed by atoms with van der Waals surface area (Å²) in [5, 5.41) is 7.21. The van der Waals surface area contributed by atoms with Crippen molar-refractivity contribution in [1.82, 2.24) is 9.88 Å². The van der Waals surface area contributed by atoms with Crippen molar-refractivity contribution < 1.29 is 0 Å². The standard InChI is InChI=1S/C9H16N4S/c1-7(3-9(10)11)13(2)5-8-4-12-6-14-8/h4,6-7H,3,5H2,1-2H3,(H3,10,11). The van der Waals surface area contributed by atoms with Crippen molar-refractivity contribution in [1.29, 1.82) is 5.41 Å². The third kappa shape index (κ3) is 3.43. The van der Waals surface area contributed by atoms with Crippen LogP contribution in [0.15, 0.2) is 11.7 Å². The zero-order valence-electron chi connectivity index (χ0n) is 8.53. The van der Waals surface area contributed by atoms with Crippen LogP contribution in [0.2, 0.25) is 0 Å². The highest BCUT2D eigenvalue weighted by molar-refractivity contribution is 7.09. The van der Waals surface area contributed by atoms with Crippen molar-refractivity contribution in [3.8, 4) is 0 Å². The molecule has 4 nitrogen and oxygen atoms in total. The van der Waals surface area contributed by atoms with Crippen molar-refractivity contribution in [2.45, 2.75) is 25.9 Å². The second-order valence-corrected chi connectivity index (χ2v) is 4.43. The average molecular weight is 212 g/mol. The molecule has 1 aromatic rings. The Morgan fingerprint density at radius 2 is 2.50 bits per heavy atom. The van der Waals surface area contributed by atoms with E-state index in [0.717, 1.165) is 6.54 Å². The van der Waals surface area contributed by atoms with Gasteiger partial charge in [0.2, 0.25) is 0 Å². The van der Waals surface area contributed by atoms with E-state index in [2.05, 4.69) is 16.8 Å². The molecule has 0 amide bonds. The maximum absolute atomic E-state index is 7.21. The number of aromatic nitrogens is 1. The highest BCUT2D eigenvalue weighted by atomic mass is 32.1. The Bertz CT molecular complexity index is 283. The number of nitrogens with one attached hydrogen (secondary N) is 1. The molecule has 1 unspecified atom stereocenters. The average Bonchev–Trinajstić information content (AvgIpc) is 2.55. The fourth-order valence-electron chi connectivity index (χ4n) is 1.20. The maximum atomic E-state index is 7.21. The molecule has 0 saturated heterocycles. The van der Waals surface area contributed by atoms with E-state index in [9.17, 15) is 0 Å². The molecule has 0 aliphatic heterocycles. The predicted molar refractivity (Wildman–Crippen MR) is 59.6 cm³/mol. The Morgan fingerprint density at radius 1 is 1.79 bits per heavy atom. The quantitative estimate of drug-likeness (QED) is 0.571. The van der Waals surface area contributed by atoms with Gasteiger partial charge in [0.05, 0.1) is 11.3 Å². The lowest BCUT2D eigenvalue weighted by Crippen LogP contribution is -2.32. The van der Waals surface area contributed by atoms with Crippen molar-refractivity contribution in [2.24, 2.45) is 5.73 Å². The van der Waals surface area contributed by atoms with Crippen LogP contribution in [0.5, 0.6) is 0 Å². The van der Waals surface area contributed by atoms with E-state index < -0.39 is 0 Å². The Balaban J connectivity index is 2.41. The highest BCUT2D eigenvalue weighted by Crippen LogP contribution is 2.11. The van der Waals surface area contributed by atoms with Gasteiger partial charge in [0, 0.05) is 30.1 Å². The molecule has 0 aromatic carbocycles. The molecule has 1 atom stereocenters. The van der Waals surface area contributed by atoms with Crippen LogP contribution in [0.1, 0.15) is 18.2 Å². The minimum Gasteiger partial charge on any atom is -0.388 e. The summed E-state index contributed by atoms with van der Waals surface area (Å²) in [7, 11) is 2.04. The Hall–Kier alpha value is -0.940. The summed E-state index contributed by atoms with van der Waals surface area (Å²) in [5.74, 6) is 0.244. The van der Waals surface area contributed by atoms with Gasteiger partial charge in [-0.3, -0.25) is 15.3 Å². The molecule has 0 aliphatic rings. The Morgan fingerprint density at radius 3 is 3.00 bits per heavy atom. The molecule has 0 fully saturated rings. The lowest BCUT2D eigenvalue weighted by molar-refractivity contribution is 0.256. The van der Waals surface area contributed by atoms with Gasteiger partial charge in [-0.15, -0.1) is 11.3 Å². The minimum absolute atomic E-state index is 0.244. The molecule has 5 heteroatoms. The van der Waals surface area contributed by atoms with E-state index in [-0.39, 0.29) is 5.84 Å². The lowest BCUT2D eigenvalue weighted by atomic mass is 10.2. The first-order valence-corrected chi connectivity index (χ1v) is 5.38. The van der Waals surface area contributed by atoms with Gasteiger partial charge < -0.3 is 5.73 Å². The molecule has 0 radical (unpaired) electrons. The van der Waals surface area contributed by atoms with Crippen LogP contribution in [0, 0.1) is 5.41 Å². The summed E-state index contributed by atoms with van der Waals surface area (Å²) in [4.78, 5) is 7.43. The van der Waals surface area contributed by atoms with Crippen LogP contribution in [-0.2, 0) is 6.54 Å². The molecule has 0 bridgehead atoms. The third-order valence-corrected chi connectivity index (χ3v) is 2.92. The Kier molecular flexibility index (Phi) is 4.03. The first-order valence-electron chi connectivity index (χ1n) is 4.50. The molecule has 1 rings (SSSR count). The predicted octanol–water partition coefficient (Wildman–Crippen LogP) is 1.29. The number of thiazole rings is 1. The smallest absolute Gasteiger partial charge is 0.0920 e. The van der Waals surface area contributed by atoms with E-state index in [1.54, 1.807) is 11.3 Å². The van der Waals surface area contributed by atoms with Gasteiger partial charge in [-0.05, 0) is 14.0 Å². The second kappa shape index (κ2) is 5.07. The van der Waals surface area contributed by atoms with Crippen LogP contribution in [0.25, 0.3) is 0 Å². The van der Waals surface area contributed by atoms with E-state index in [1.165, 1.54) is 4.88 Å². The van der Waals surface area contributed by atoms with Crippen LogP contribution >= 0.6 is 11.3 Å². The first-order chi connectivity index (χ1) is 6.59. The van der Waals surface area contributed by atoms with Gasteiger partial charge in [-0.25, -0.2) is 0 Å². The molecule has 14 heavy (non-hydrogen) atoms. The Labute approximate surface area is 88.3 Å². The fraction of sp³-hybridized carbons (Fsp3) is 0.556.